The topological polar surface area (TPSA) is 62.7 Å². The SMILES string of the molecule is Cc1cncc(C(=O)N2CC[C@H](Oc3cccc(Br)c3)[C@@H](CC(=O)N3CCCCC3)C2)c1. The van der Waals surface area contributed by atoms with Crippen molar-refractivity contribution in [2.75, 3.05) is 26.2 Å². The molecular formula is C25H30BrN3O3. The molecule has 2 aliphatic heterocycles. The van der Waals surface area contributed by atoms with Gasteiger partial charge in [0, 0.05) is 61.8 Å². The Morgan fingerprint density at radius 3 is 2.66 bits per heavy atom. The maximum Gasteiger partial charge on any atom is 0.255 e. The van der Waals surface area contributed by atoms with Gasteiger partial charge in [-0.15, -0.1) is 0 Å². The predicted molar refractivity (Wildman–Crippen MR) is 127 cm³/mol. The molecule has 2 saturated heterocycles. The Morgan fingerprint density at radius 1 is 1.09 bits per heavy atom. The first-order chi connectivity index (χ1) is 15.5. The number of halogens is 1. The summed E-state index contributed by atoms with van der Waals surface area (Å²) in [5.41, 5.74) is 1.55. The van der Waals surface area contributed by atoms with Crippen molar-refractivity contribution in [3.05, 3.63) is 58.3 Å². The fourth-order valence-electron chi connectivity index (χ4n) is 4.61. The van der Waals surface area contributed by atoms with Crippen LogP contribution in [0.3, 0.4) is 0 Å². The number of benzene rings is 1. The number of carbonyl (C=O) groups excluding carboxylic acids is 2. The minimum atomic E-state index is -0.113. The average molecular weight is 500 g/mol. The number of amides is 2. The molecule has 2 aromatic rings. The van der Waals surface area contributed by atoms with Crippen molar-refractivity contribution in [3.8, 4) is 5.75 Å². The van der Waals surface area contributed by atoms with Crippen molar-refractivity contribution in [1.82, 2.24) is 14.8 Å². The van der Waals surface area contributed by atoms with Crippen molar-refractivity contribution in [1.29, 1.82) is 0 Å². The first kappa shape index (κ1) is 22.8. The Labute approximate surface area is 198 Å². The fraction of sp³-hybridized carbons (Fsp3) is 0.480. The number of nitrogens with zero attached hydrogens (tertiary/aromatic N) is 3. The van der Waals surface area contributed by atoms with Crippen LogP contribution in [0, 0.1) is 12.8 Å². The highest BCUT2D eigenvalue weighted by Crippen LogP contribution is 2.29. The number of rotatable bonds is 5. The number of piperidine rings is 2. The van der Waals surface area contributed by atoms with Crippen molar-refractivity contribution in [3.63, 3.8) is 0 Å². The zero-order valence-electron chi connectivity index (χ0n) is 18.5. The number of aromatic nitrogens is 1. The summed E-state index contributed by atoms with van der Waals surface area (Å²) >= 11 is 3.50. The average Bonchev–Trinajstić information content (AvgIpc) is 2.80. The molecule has 0 unspecified atom stereocenters. The molecule has 0 saturated carbocycles. The van der Waals surface area contributed by atoms with E-state index in [9.17, 15) is 9.59 Å². The van der Waals surface area contributed by atoms with Crippen LogP contribution in [0.25, 0.3) is 0 Å². The van der Waals surface area contributed by atoms with Gasteiger partial charge in [0.2, 0.25) is 5.91 Å². The molecule has 1 aromatic carbocycles. The summed E-state index contributed by atoms with van der Waals surface area (Å²) in [7, 11) is 0. The minimum Gasteiger partial charge on any atom is -0.490 e. The molecule has 4 rings (SSSR count). The van der Waals surface area contributed by atoms with Gasteiger partial charge in [-0.3, -0.25) is 14.6 Å². The maximum absolute atomic E-state index is 13.1. The Bertz CT molecular complexity index is 961. The van der Waals surface area contributed by atoms with Gasteiger partial charge >= 0.3 is 0 Å². The summed E-state index contributed by atoms with van der Waals surface area (Å²) in [6, 6.07) is 9.65. The summed E-state index contributed by atoms with van der Waals surface area (Å²) in [5, 5.41) is 0. The molecule has 2 fully saturated rings. The third-order valence-corrected chi connectivity index (χ3v) is 6.80. The summed E-state index contributed by atoms with van der Waals surface area (Å²) in [4.78, 5) is 34.2. The Hall–Kier alpha value is -2.41. The molecule has 2 amide bonds. The molecule has 0 radical (unpaired) electrons. The fourth-order valence-corrected chi connectivity index (χ4v) is 4.99. The molecule has 0 spiro atoms. The lowest BCUT2D eigenvalue weighted by Gasteiger charge is -2.39. The lowest BCUT2D eigenvalue weighted by atomic mass is 9.90. The van der Waals surface area contributed by atoms with Crippen molar-refractivity contribution in [2.45, 2.75) is 45.1 Å². The molecule has 2 aliphatic rings. The molecule has 0 aliphatic carbocycles. The van der Waals surface area contributed by atoms with E-state index in [4.69, 9.17) is 4.74 Å². The minimum absolute atomic E-state index is 0.0301. The van der Waals surface area contributed by atoms with E-state index in [0.29, 0.717) is 31.5 Å². The van der Waals surface area contributed by atoms with Crippen LogP contribution < -0.4 is 4.74 Å². The van der Waals surface area contributed by atoms with Gasteiger partial charge in [0.1, 0.15) is 11.9 Å². The largest absolute Gasteiger partial charge is 0.490 e. The predicted octanol–water partition coefficient (Wildman–Crippen LogP) is 4.46. The van der Waals surface area contributed by atoms with E-state index < -0.39 is 0 Å². The molecule has 6 nitrogen and oxygen atoms in total. The Kier molecular flexibility index (Phi) is 7.45. The van der Waals surface area contributed by atoms with Gasteiger partial charge in [0.15, 0.2) is 0 Å². The molecule has 32 heavy (non-hydrogen) atoms. The molecule has 3 heterocycles. The van der Waals surface area contributed by atoms with Crippen LogP contribution in [0.1, 0.15) is 48.0 Å². The van der Waals surface area contributed by atoms with Crippen LogP contribution in [-0.4, -0.2) is 58.9 Å². The summed E-state index contributed by atoms with van der Waals surface area (Å²) in [5.74, 6) is 0.864. The molecule has 0 N–H and O–H groups in total. The van der Waals surface area contributed by atoms with Crippen molar-refractivity contribution >= 4 is 27.7 Å². The second-order valence-electron chi connectivity index (χ2n) is 8.81. The van der Waals surface area contributed by atoms with Gasteiger partial charge in [0.25, 0.3) is 5.91 Å². The van der Waals surface area contributed by atoms with Gasteiger partial charge < -0.3 is 14.5 Å². The van der Waals surface area contributed by atoms with Gasteiger partial charge in [0.05, 0.1) is 5.56 Å². The standard InChI is InChI=1S/C25H30BrN3O3/c1-18-12-19(16-27-15-18)25(31)29-11-8-23(32-22-7-5-6-21(26)14-22)20(17-29)13-24(30)28-9-3-2-4-10-28/h5-7,12,14-16,20,23H,2-4,8-11,13,17H2,1H3/t20-,23-/m0/s1. The number of aryl methyl sites for hydroxylation is 1. The van der Waals surface area contributed by atoms with Gasteiger partial charge in [-0.1, -0.05) is 22.0 Å². The maximum atomic E-state index is 13.1. The van der Waals surface area contributed by atoms with Gasteiger partial charge in [-0.25, -0.2) is 0 Å². The second-order valence-corrected chi connectivity index (χ2v) is 9.73. The van der Waals surface area contributed by atoms with Crippen LogP contribution in [0.4, 0.5) is 0 Å². The van der Waals surface area contributed by atoms with Crippen LogP contribution >= 0.6 is 15.9 Å². The van der Waals surface area contributed by atoms with Crippen LogP contribution in [0.5, 0.6) is 5.75 Å². The number of ether oxygens (including phenoxy) is 1. The highest BCUT2D eigenvalue weighted by atomic mass is 79.9. The van der Waals surface area contributed by atoms with Gasteiger partial charge in [-0.2, -0.15) is 0 Å². The van der Waals surface area contributed by atoms with E-state index in [2.05, 4.69) is 20.9 Å². The zero-order valence-corrected chi connectivity index (χ0v) is 20.1. The number of likely N-dealkylation sites (tertiary alicyclic amines) is 2. The van der Waals surface area contributed by atoms with E-state index in [1.54, 1.807) is 12.4 Å². The van der Waals surface area contributed by atoms with Crippen molar-refractivity contribution in [2.24, 2.45) is 5.92 Å². The Balaban J connectivity index is 1.50. The van der Waals surface area contributed by atoms with Crippen molar-refractivity contribution < 1.29 is 14.3 Å². The van der Waals surface area contributed by atoms with E-state index in [0.717, 1.165) is 41.7 Å². The summed E-state index contributed by atoms with van der Waals surface area (Å²) in [6.45, 7) is 4.70. The van der Waals surface area contributed by atoms with E-state index in [-0.39, 0.29) is 23.8 Å². The molecule has 2 atom stereocenters. The molecule has 7 heteroatoms. The number of pyridine rings is 1. The number of hydrogen-bond acceptors (Lipinski definition) is 4. The molecular weight excluding hydrogens is 470 g/mol. The van der Waals surface area contributed by atoms with Gasteiger partial charge in [-0.05, 0) is 56.0 Å². The molecule has 1 aromatic heterocycles. The van der Waals surface area contributed by atoms with E-state index in [1.807, 2.05) is 47.1 Å². The van der Waals surface area contributed by atoms with Crippen LogP contribution in [0.2, 0.25) is 0 Å². The first-order valence-corrected chi connectivity index (χ1v) is 12.2. The summed E-state index contributed by atoms with van der Waals surface area (Å²) < 4.78 is 7.29. The van der Waals surface area contributed by atoms with E-state index >= 15 is 0 Å². The number of carbonyl (C=O) groups is 2. The molecule has 170 valence electrons. The lowest BCUT2D eigenvalue weighted by Crippen LogP contribution is -2.50. The third kappa shape index (κ3) is 5.68. The quantitative estimate of drug-likeness (QED) is 0.608. The van der Waals surface area contributed by atoms with Crippen LogP contribution in [-0.2, 0) is 4.79 Å². The normalized spacial score (nSPS) is 21.3. The zero-order chi connectivity index (χ0) is 22.5. The third-order valence-electron chi connectivity index (χ3n) is 6.30. The first-order valence-electron chi connectivity index (χ1n) is 11.4. The smallest absolute Gasteiger partial charge is 0.255 e. The highest BCUT2D eigenvalue weighted by molar-refractivity contribution is 9.10. The second kappa shape index (κ2) is 10.5. The number of hydrogen-bond donors (Lipinski definition) is 0. The highest BCUT2D eigenvalue weighted by Gasteiger charge is 2.36. The summed E-state index contributed by atoms with van der Waals surface area (Å²) in [6.07, 6.45) is 7.66. The molecule has 0 bridgehead atoms. The monoisotopic (exact) mass is 499 g/mol. The Morgan fingerprint density at radius 2 is 1.91 bits per heavy atom. The van der Waals surface area contributed by atoms with Crippen LogP contribution in [0.15, 0.2) is 47.2 Å². The van der Waals surface area contributed by atoms with E-state index in [1.165, 1.54) is 6.42 Å². The lowest BCUT2D eigenvalue weighted by molar-refractivity contribution is -0.134.